The topological polar surface area (TPSA) is 51.2 Å². The lowest BCUT2D eigenvalue weighted by atomic mass is 9.52. The molecule has 0 radical (unpaired) electrons. The van der Waals surface area contributed by atoms with Crippen molar-refractivity contribution in [2.75, 3.05) is 20.4 Å². The Labute approximate surface area is 204 Å². The molecule has 0 amide bonds. The number of fused-ring (bicyclic) bond motifs is 2. The van der Waals surface area contributed by atoms with E-state index in [1.807, 2.05) is 0 Å². The highest BCUT2D eigenvalue weighted by Gasteiger charge is 2.66. The maximum absolute atomic E-state index is 10.6. The van der Waals surface area contributed by atoms with E-state index in [2.05, 4.69) is 69.6 Å². The van der Waals surface area contributed by atoms with Gasteiger partial charge in [-0.05, 0) is 70.1 Å². The maximum atomic E-state index is 10.6. The summed E-state index contributed by atoms with van der Waals surface area (Å²) < 4.78 is 20.0. The molecule has 3 unspecified atom stereocenters. The van der Waals surface area contributed by atoms with E-state index >= 15 is 0 Å². The second-order valence-electron chi connectivity index (χ2n) is 11.4. The average molecular weight is 468 g/mol. The summed E-state index contributed by atoms with van der Waals surface area (Å²) in [4.78, 5) is 2.51. The van der Waals surface area contributed by atoms with Crippen LogP contribution in [0.2, 0.25) is 0 Å². The van der Waals surface area contributed by atoms with E-state index in [9.17, 15) is 5.11 Å². The molecule has 4 aliphatic rings. The van der Waals surface area contributed by atoms with Gasteiger partial charge in [-0.1, -0.05) is 43.8 Å². The van der Waals surface area contributed by atoms with Crippen LogP contribution in [0.25, 0.3) is 0 Å². The number of aliphatic hydroxyl groups is 1. The molecule has 8 atom stereocenters. The molecule has 1 N–H and O–H groups in total. The molecule has 5 rings (SSSR count). The molecule has 0 bridgehead atoms. The van der Waals surface area contributed by atoms with Gasteiger partial charge in [0.05, 0.1) is 5.60 Å². The van der Waals surface area contributed by atoms with Crippen LogP contribution in [-0.2, 0) is 20.6 Å². The summed E-state index contributed by atoms with van der Waals surface area (Å²) in [6, 6.07) is 11.1. The average Bonchev–Trinajstić information content (AvgIpc) is 2.95. The highest BCUT2D eigenvalue weighted by molar-refractivity contribution is 5.30. The van der Waals surface area contributed by atoms with E-state index in [-0.39, 0.29) is 30.2 Å². The van der Waals surface area contributed by atoms with Gasteiger partial charge in [0.2, 0.25) is 0 Å². The molecule has 0 spiro atoms. The van der Waals surface area contributed by atoms with Crippen molar-refractivity contribution in [3.8, 4) is 0 Å². The molecule has 4 fully saturated rings. The fourth-order valence-electron chi connectivity index (χ4n) is 7.87. The van der Waals surface area contributed by atoms with E-state index in [4.69, 9.17) is 14.2 Å². The first-order valence-electron chi connectivity index (χ1n) is 13.0. The minimum atomic E-state index is -0.470. The second-order valence-corrected chi connectivity index (χ2v) is 11.4. The van der Waals surface area contributed by atoms with Gasteiger partial charge in [-0.3, -0.25) is 0 Å². The van der Waals surface area contributed by atoms with Gasteiger partial charge in [0.15, 0.2) is 5.76 Å². The number of rotatable bonds is 3. The van der Waals surface area contributed by atoms with Crippen LogP contribution in [0.3, 0.4) is 0 Å². The van der Waals surface area contributed by atoms with Crippen LogP contribution >= 0.6 is 0 Å². The fraction of sp³-hybridized carbons (Fsp3) is 0.655. The Kier molecular flexibility index (Phi) is 6.11. The number of piperidine rings is 1. The minimum absolute atomic E-state index is 0.141. The van der Waals surface area contributed by atoms with Crippen molar-refractivity contribution >= 4 is 0 Å². The lowest BCUT2D eigenvalue weighted by molar-refractivity contribution is -0.346. The lowest BCUT2D eigenvalue weighted by Gasteiger charge is -2.64. The summed E-state index contributed by atoms with van der Waals surface area (Å²) in [6.07, 6.45) is 3.45. The third kappa shape index (κ3) is 3.63. The number of hydrogen-bond acceptors (Lipinski definition) is 5. The van der Waals surface area contributed by atoms with Crippen molar-refractivity contribution in [2.24, 2.45) is 23.7 Å². The van der Waals surface area contributed by atoms with E-state index < -0.39 is 5.60 Å². The van der Waals surface area contributed by atoms with Gasteiger partial charge in [0.1, 0.15) is 24.3 Å². The maximum Gasteiger partial charge on any atom is 0.159 e. The lowest BCUT2D eigenvalue weighted by Crippen LogP contribution is -2.72. The van der Waals surface area contributed by atoms with E-state index in [0.717, 1.165) is 37.8 Å². The molecular weight excluding hydrogens is 426 g/mol. The van der Waals surface area contributed by atoms with Crippen molar-refractivity contribution < 1.29 is 19.3 Å². The Morgan fingerprint density at radius 1 is 1.24 bits per heavy atom. The Balaban J connectivity index is 1.63. The predicted molar refractivity (Wildman–Crippen MR) is 133 cm³/mol. The number of likely N-dealkylation sites (tertiary alicyclic amines) is 1. The zero-order valence-corrected chi connectivity index (χ0v) is 21.4. The second kappa shape index (κ2) is 8.69. The normalized spacial score (nSPS) is 43.9. The first-order chi connectivity index (χ1) is 16.2. The first-order valence-corrected chi connectivity index (χ1v) is 13.0. The molecule has 5 nitrogen and oxygen atoms in total. The number of ether oxygens (including phenoxy) is 3. The van der Waals surface area contributed by atoms with Gasteiger partial charge in [0.25, 0.3) is 0 Å². The summed E-state index contributed by atoms with van der Waals surface area (Å²) in [5.41, 5.74) is 1.36. The number of nitrogens with zero attached hydrogens (tertiary/aromatic N) is 1. The van der Waals surface area contributed by atoms with Gasteiger partial charge in [-0.25, -0.2) is 0 Å². The van der Waals surface area contributed by atoms with Gasteiger partial charge in [-0.15, -0.1) is 0 Å². The van der Waals surface area contributed by atoms with Gasteiger partial charge >= 0.3 is 0 Å². The third-order valence-corrected chi connectivity index (χ3v) is 9.61. The van der Waals surface area contributed by atoms with E-state index in [1.54, 1.807) is 6.92 Å². The smallest absolute Gasteiger partial charge is 0.159 e. The van der Waals surface area contributed by atoms with Crippen LogP contribution in [0.1, 0.15) is 52.5 Å². The van der Waals surface area contributed by atoms with Crippen molar-refractivity contribution in [3.05, 3.63) is 59.6 Å². The molecule has 1 aromatic rings. The van der Waals surface area contributed by atoms with Crippen molar-refractivity contribution in [2.45, 2.75) is 76.7 Å². The SMILES string of the molecule is C=C1CC2CN(C)[C@H](C)C3CC4[C@](C)(Cc5ccccc5)OCO[C@@]4(CC)[C@H](O/C1=C(/C)O)[C@@H]23. The van der Waals surface area contributed by atoms with Gasteiger partial charge in [0, 0.05) is 30.8 Å². The van der Waals surface area contributed by atoms with Crippen LogP contribution in [0.4, 0.5) is 0 Å². The van der Waals surface area contributed by atoms with Gasteiger partial charge < -0.3 is 24.2 Å². The zero-order valence-electron chi connectivity index (χ0n) is 21.4. The van der Waals surface area contributed by atoms with Crippen LogP contribution in [0.15, 0.2) is 54.0 Å². The predicted octanol–water partition coefficient (Wildman–Crippen LogP) is 5.48. The van der Waals surface area contributed by atoms with E-state index in [1.165, 1.54) is 5.56 Å². The summed E-state index contributed by atoms with van der Waals surface area (Å²) >= 11 is 0. The molecule has 3 aliphatic heterocycles. The third-order valence-electron chi connectivity index (χ3n) is 9.61. The highest BCUT2D eigenvalue weighted by atomic mass is 16.7. The van der Waals surface area contributed by atoms with E-state index in [0.29, 0.717) is 29.6 Å². The quantitative estimate of drug-likeness (QED) is 0.597. The Morgan fingerprint density at radius 2 is 1.97 bits per heavy atom. The summed E-state index contributed by atoms with van der Waals surface area (Å²) in [7, 11) is 2.25. The number of allylic oxidation sites excluding steroid dienone is 2. The summed E-state index contributed by atoms with van der Waals surface area (Å²) in [5.74, 6) is 2.21. The molecule has 3 saturated heterocycles. The zero-order chi connectivity index (χ0) is 24.3. The van der Waals surface area contributed by atoms with Crippen LogP contribution in [-0.4, -0.2) is 53.7 Å². The first kappa shape index (κ1) is 23.9. The van der Waals surface area contributed by atoms with Crippen LogP contribution < -0.4 is 0 Å². The van der Waals surface area contributed by atoms with Crippen LogP contribution in [0.5, 0.6) is 0 Å². The molecule has 3 heterocycles. The summed E-state index contributed by atoms with van der Waals surface area (Å²) in [6.45, 7) is 14.2. The van der Waals surface area contributed by atoms with Crippen LogP contribution in [0, 0.1) is 23.7 Å². The van der Waals surface area contributed by atoms with Crippen molar-refractivity contribution in [3.63, 3.8) is 0 Å². The van der Waals surface area contributed by atoms with Crippen molar-refractivity contribution in [1.29, 1.82) is 0 Å². The molecule has 5 heteroatoms. The monoisotopic (exact) mass is 467 g/mol. The summed E-state index contributed by atoms with van der Waals surface area (Å²) in [5, 5.41) is 10.6. The molecule has 1 aromatic carbocycles. The number of aliphatic hydroxyl groups excluding tert-OH is 1. The Bertz CT molecular complexity index is 956. The van der Waals surface area contributed by atoms with Crippen molar-refractivity contribution in [1.82, 2.24) is 4.90 Å². The standard InChI is InChI=1S/C29H41NO4/c1-7-29-24(28(5,32-17-33-29)15-21-11-9-8-10-12-21)14-23-19(3)30(6)16-22-13-18(2)26(20(4)31)34-27(29)25(22)23/h8-12,19,22-25,27,31H,2,7,13-17H2,1,3-6H3/b26-20-/t19-,22?,23?,24?,25+,27-,28+,29-/m1/s1. The Morgan fingerprint density at radius 3 is 2.65 bits per heavy atom. The van der Waals surface area contributed by atoms with Gasteiger partial charge in [-0.2, -0.15) is 0 Å². The molecule has 34 heavy (non-hydrogen) atoms. The number of hydrogen-bond donors (Lipinski definition) is 1. The molecule has 1 aliphatic carbocycles. The molecular formula is C29H41NO4. The number of benzene rings is 1. The Hall–Kier alpha value is -1.82. The highest BCUT2D eigenvalue weighted by Crippen LogP contribution is 2.60. The minimum Gasteiger partial charge on any atom is -0.509 e. The molecule has 0 aromatic heterocycles. The molecule has 186 valence electrons. The largest absolute Gasteiger partial charge is 0.509 e. The molecule has 1 saturated carbocycles. The fourth-order valence-corrected chi connectivity index (χ4v) is 7.87.